The number of hydrogen-bond donors (Lipinski definition) is 2. The van der Waals surface area contributed by atoms with Crippen molar-refractivity contribution in [2.24, 2.45) is 0 Å². The van der Waals surface area contributed by atoms with Crippen molar-refractivity contribution in [3.63, 3.8) is 0 Å². The Morgan fingerprint density at radius 2 is 1.79 bits per heavy atom. The topological polar surface area (TPSA) is 142 Å². The Labute approximate surface area is 132 Å². The fraction of sp³-hybridized carbons (Fsp3) is 0. The van der Waals surface area contributed by atoms with Crippen molar-refractivity contribution in [1.29, 1.82) is 5.26 Å². The normalized spacial score (nSPS) is 11.0. The third kappa shape index (κ3) is 2.70. The predicted molar refractivity (Wildman–Crippen MR) is 73.0 cm³/mol. The monoisotopic (exact) mass is 356 g/mol. The van der Waals surface area contributed by atoms with Gasteiger partial charge in [-0.15, -0.1) is 0 Å². The highest BCUT2D eigenvalue weighted by atomic mass is 32.2. The van der Waals surface area contributed by atoms with Gasteiger partial charge in [0.15, 0.2) is 5.75 Å². The number of benzene rings is 2. The minimum Gasteiger partial charge on any atom is -0.504 e. The lowest BCUT2D eigenvalue weighted by molar-refractivity contribution is -0.386. The maximum Gasteiger partial charge on any atom is 0.315 e. The minimum absolute atomic E-state index is 0.225. The molecule has 2 aromatic carbocycles. The zero-order valence-electron chi connectivity index (χ0n) is 11.4. The summed E-state index contributed by atoms with van der Waals surface area (Å²) in [6.07, 6.45) is 0. The SMILES string of the molecule is N#Cc1cc(F)cc(F)c1S(=O)(=O)c1cc(O)c(O)c([N+](=O)[O-])c1. The van der Waals surface area contributed by atoms with Gasteiger partial charge < -0.3 is 10.2 Å². The Kier molecular flexibility index (Phi) is 4.09. The van der Waals surface area contributed by atoms with Crippen molar-refractivity contribution < 1.29 is 32.3 Å². The van der Waals surface area contributed by atoms with E-state index in [-0.39, 0.29) is 6.07 Å². The minimum atomic E-state index is -4.86. The summed E-state index contributed by atoms with van der Waals surface area (Å²) in [5.41, 5.74) is -2.00. The Bertz CT molecular complexity index is 1010. The Morgan fingerprint density at radius 1 is 1.17 bits per heavy atom. The van der Waals surface area contributed by atoms with Gasteiger partial charge >= 0.3 is 5.69 Å². The van der Waals surface area contributed by atoms with E-state index in [0.29, 0.717) is 18.2 Å². The molecule has 124 valence electrons. The first-order chi connectivity index (χ1) is 11.1. The van der Waals surface area contributed by atoms with E-state index in [1.165, 1.54) is 6.07 Å². The molecular weight excluding hydrogens is 350 g/mol. The standard InChI is InChI=1S/C13H6F2N2O6S/c14-7-1-6(5-16)13(9(15)2-7)24(22,23)8-3-10(17(20)21)12(19)11(18)4-8/h1-4,18-19H. The average Bonchev–Trinajstić information content (AvgIpc) is 2.47. The van der Waals surface area contributed by atoms with Gasteiger partial charge in [0.05, 0.1) is 15.4 Å². The molecule has 0 atom stereocenters. The molecule has 0 amide bonds. The van der Waals surface area contributed by atoms with Gasteiger partial charge in [-0.05, 0) is 6.07 Å². The smallest absolute Gasteiger partial charge is 0.315 e. The number of halogens is 2. The van der Waals surface area contributed by atoms with Gasteiger partial charge in [-0.3, -0.25) is 10.1 Å². The maximum absolute atomic E-state index is 13.9. The first kappa shape index (κ1) is 17.1. The average molecular weight is 356 g/mol. The van der Waals surface area contributed by atoms with Gasteiger partial charge in [0.25, 0.3) is 0 Å². The Balaban J connectivity index is 2.84. The molecule has 0 aliphatic heterocycles. The van der Waals surface area contributed by atoms with Crippen LogP contribution in [0, 0.1) is 33.1 Å². The molecule has 0 spiro atoms. The van der Waals surface area contributed by atoms with Gasteiger partial charge in [-0.25, -0.2) is 17.2 Å². The molecule has 0 bridgehead atoms. The summed E-state index contributed by atoms with van der Waals surface area (Å²) in [7, 11) is -4.86. The van der Waals surface area contributed by atoms with E-state index in [9.17, 15) is 37.5 Å². The molecule has 0 aliphatic carbocycles. The van der Waals surface area contributed by atoms with Crippen molar-refractivity contribution in [1.82, 2.24) is 0 Å². The summed E-state index contributed by atoms with van der Waals surface area (Å²) < 4.78 is 51.9. The van der Waals surface area contributed by atoms with Crippen molar-refractivity contribution in [3.05, 3.63) is 51.6 Å². The van der Waals surface area contributed by atoms with Gasteiger partial charge in [0.2, 0.25) is 15.6 Å². The second kappa shape index (κ2) is 5.74. The Hall–Kier alpha value is -3.26. The number of sulfone groups is 1. The number of nitro benzene ring substituents is 1. The molecule has 0 radical (unpaired) electrons. The quantitative estimate of drug-likeness (QED) is 0.371. The molecule has 0 fully saturated rings. The lowest BCUT2D eigenvalue weighted by Gasteiger charge is -2.09. The largest absolute Gasteiger partial charge is 0.504 e. The summed E-state index contributed by atoms with van der Waals surface area (Å²) in [4.78, 5) is 7.47. The van der Waals surface area contributed by atoms with Crippen LogP contribution >= 0.6 is 0 Å². The van der Waals surface area contributed by atoms with Crippen LogP contribution in [0.4, 0.5) is 14.5 Å². The summed E-state index contributed by atoms with van der Waals surface area (Å²) in [5.74, 6) is -5.09. The molecule has 2 N–H and O–H groups in total. The van der Waals surface area contributed by atoms with Crippen LogP contribution in [0.3, 0.4) is 0 Å². The van der Waals surface area contributed by atoms with Gasteiger partial charge in [0, 0.05) is 18.2 Å². The van der Waals surface area contributed by atoms with Gasteiger partial charge in [-0.2, -0.15) is 5.26 Å². The third-order valence-corrected chi connectivity index (χ3v) is 4.76. The van der Waals surface area contributed by atoms with Gasteiger partial charge in [0.1, 0.15) is 22.6 Å². The van der Waals surface area contributed by atoms with Crippen LogP contribution in [-0.2, 0) is 9.84 Å². The molecule has 24 heavy (non-hydrogen) atoms. The van der Waals surface area contributed by atoms with Crippen molar-refractivity contribution in [3.8, 4) is 17.6 Å². The fourth-order valence-corrected chi connectivity index (χ4v) is 3.39. The summed E-state index contributed by atoms with van der Waals surface area (Å²) in [5, 5.41) is 38.5. The molecule has 0 saturated carbocycles. The maximum atomic E-state index is 13.9. The zero-order chi connectivity index (χ0) is 18.2. The fourth-order valence-electron chi connectivity index (χ4n) is 1.91. The Morgan fingerprint density at radius 3 is 2.33 bits per heavy atom. The lowest BCUT2D eigenvalue weighted by Crippen LogP contribution is -2.08. The molecule has 0 heterocycles. The zero-order valence-corrected chi connectivity index (χ0v) is 12.2. The molecule has 11 heteroatoms. The lowest BCUT2D eigenvalue weighted by atomic mass is 10.2. The van der Waals surface area contributed by atoms with Crippen LogP contribution in [-0.4, -0.2) is 23.6 Å². The number of nitro groups is 1. The first-order valence-electron chi connectivity index (χ1n) is 5.94. The number of phenolic OH excluding ortho intramolecular Hbond substituents is 2. The second-order valence-corrected chi connectivity index (χ2v) is 6.33. The number of hydrogen-bond acceptors (Lipinski definition) is 7. The van der Waals surface area contributed by atoms with E-state index >= 15 is 0 Å². The highest BCUT2D eigenvalue weighted by molar-refractivity contribution is 7.91. The first-order valence-corrected chi connectivity index (χ1v) is 7.42. The van der Waals surface area contributed by atoms with Crippen molar-refractivity contribution >= 4 is 15.5 Å². The molecule has 2 rings (SSSR count). The molecule has 8 nitrogen and oxygen atoms in total. The molecule has 0 aliphatic rings. The third-order valence-electron chi connectivity index (χ3n) is 2.95. The predicted octanol–water partition coefficient (Wildman–Crippen LogP) is 1.99. The van der Waals surface area contributed by atoms with E-state index in [1.807, 2.05) is 0 Å². The number of rotatable bonds is 3. The number of phenols is 2. The van der Waals surface area contributed by atoms with Crippen LogP contribution in [0.2, 0.25) is 0 Å². The highest BCUT2D eigenvalue weighted by Crippen LogP contribution is 2.39. The van der Waals surface area contributed by atoms with E-state index in [4.69, 9.17) is 5.26 Å². The van der Waals surface area contributed by atoms with Gasteiger partial charge in [-0.1, -0.05) is 0 Å². The number of nitriles is 1. The molecule has 0 aromatic heterocycles. The van der Waals surface area contributed by atoms with E-state index < -0.39 is 58.9 Å². The van der Waals surface area contributed by atoms with Crippen LogP contribution < -0.4 is 0 Å². The van der Waals surface area contributed by atoms with Crippen LogP contribution in [0.15, 0.2) is 34.1 Å². The molecule has 0 unspecified atom stereocenters. The highest BCUT2D eigenvalue weighted by Gasteiger charge is 2.31. The summed E-state index contributed by atoms with van der Waals surface area (Å²) in [6.45, 7) is 0. The number of aromatic hydroxyl groups is 2. The van der Waals surface area contributed by atoms with Crippen LogP contribution in [0.25, 0.3) is 0 Å². The van der Waals surface area contributed by atoms with E-state index in [0.717, 1.165) is 0 Å². The van der Waals surface area contributed by atoms with Crippen LogP contribution in [0.5, 0.6) is 11.5 Å². The molecular formula is C13H6F2N2O6S. The second-order valence-electron chi connectivity index (χ2n) is 4.45. The van der Waals surface area contributed by atoms with Crippen LogP contribution in [0.1, 0.15) is 5.56 Å². The molecule has 2 aromatic rings. The summed E-state index contributed by atoms with van der Waals surface area (Å²) in [6, 6.07) is 2.84. The molecule has 0 saturated heterocycles. The van der Waals surface area contributed by atoms with E-state index in [2.05, 4.69) is 0 Å². The van der Waals surface area contributed by atoms with Crippen molar-refractivity contribution in [2.45, 2.75) is 9.79 Å². The van der Waals surface area contributed by atoms with E-state index in [1.54, 1.807) is 0 Å². The summed E-state index contributed by atoms with van der Waals surface area (Å²) >= 11 is 0. The van der Waals surface area contributed by atoms with Crippen molar-refractivity contribution in [2.75, 3.05) is 0 Å². The number of nitrogens with zero attached hydrogens (tertiary/aromatic N) is 2.